The molecule has 1 fully saturated rings. The zero-order chi connectivity index (χ0) is 16.3. The molecule has 0 aliphatic carbocycles. The normalized spacial score (nSPS) is 24.2. The van der Waals surface area contributed by atoms with E-state index in [0.29, 0.717) is 12.3 Å². The number of carbonyl (C=O) groups is 1. The van der Waals surface area contributed by atoms with E-state index in [2.05, 4.69) is 5.10 Å². The smallest absolute Gasteiger partial charge is 0.223 e. The van der Waals surface area contributed by atoms with Crippen LogP contribution >= 0.6 is 0 Å². The van der Waals surface area contributed by atoms with E-state index in [1.807, 2.05) is 21.8 Å². The third-order valence-corrected chi connectivity index (χ3v) is 6.20. The number of hydrogen-bond acceptors (Lipinski definition) is 4. The fraction of sp³-hybridized carbons (Fsp3) is 0.625. The molecule has 7 heteroatoms. The standard InChI is InChI=1S/C16H23N3O3S/c20-16(12-15-5-11-23(21,22)13-15)18-8-2-14(3-9-18)4-10-19-7-1-6-17-19/h1,5-7,11,14-15H,2-4,8-10,12-13H2/t15-/m0/s1. The van der Waals surface area contributed by atoms with Gasteiger partial charge in [-0.1, -0.05) is 6.08 Å². The second kappa shape index (κ2) is 6.86. The molecule has 23 heavy (non-hydrogen) atoms. The molecule has 1 saturated heterocycles. The molecule has 126 valence electrons. The van der Waals surface area contributed by atoms with Gasteiger partial charge in [-0.15, -0.1) is 0 Å². The minimum absolute atomic E-state index is 0.0824. The Morgan fingerprint density at radius 2 is 2.04 bits per heavy atom. The maximum absolute atomic E-state index is 12.3. The number of amides is 1. The minimum Gasteiger partial charge on any atom is -0.343 e. The Kier molecular flexibility index (Phi) is 4.84. The number of rotatable bonds is 5. The molecule has 0 bridgehead atoms. The van der Waals surface area contributed by atoms with Gasteiger partial charge in [0.15, 0.2) is 9.84 Å². The van der Waals surface area contributed by atoms with E-state index >= 15 is 0 Å². The summed E-state index contributed by atoms with van der Waals surface area (Å²) < 4.78 is 24.7. The maximum atomic E-state index is 12.3. The van der Waals surface area contributed by atoms with Gasteiger partial charge in [0.1, 0.15) is 0 Å². The average molecular weight is 337 g/mol. The summed E-state index contributed by atoms with van der Waals surface area (Å²) in [6, 6.07) is 1.93. The molecular weight excluding hydrogens is 314 g/mol. The van der Waals surface area contributed by atoms with Gasteiger partial charge in [0, 0.05) is 49.8 Å². The third-order valence-electron chi connectivity index (χ3n) is 4.73. The van der Waals surface area contributed by atoms with Gasteiger partial charge in [-0.25, -0.2) is 8.42 Å². The van der Waals surface area contributed by atoms with Crippen LogP contribution in [0.2, 0.25) is 0 Å². The van der Waals surface area contributed by atoms with Crippen molar-refractivity contribution in [2.24, 2.45) is 11.8 Å². The van der Waals surface area contributed by atoms with E-state index in [1.165, 1.54) is 5.41 Å². The van der Waals surface area contributed by atoms with E-state index in [-0.39, 0.29) is 17.6 Å². The third kappa shape index (κ3) is 4.43. The van der Waals surface area contributed by atoms with E-state index in [4.69, 9.17) is 0 Å². The fourth-order valence-corrected chi connectivity index (χ4v) is 4.74. The van der Waals surface area contributed by atoms with E-state index in [1.54, 1.807) is 12.3 Å². The highest BCUT2D eigenvalue weighted by atomic mass is 32.2. The summed E-state index contributed by atoms with van der Waals surface area (Å²) in [7, 11) is -3.07. The van der Waals surface area contributed by atoms with Crippen molar-refractivity contribution in [1.29, 1.82) is 0 Å². The summed E-state index contributed by atoms with van der Waals surface area (Å²) in [5.74, 6) is 0.654. The van der Waals surface area contributed by atoms with Gasteiger partial charge in [-0.2, -0.15) is 5.10 Å². The second-order valence-electron chi connectivity index (χ2n) is 6.50. The number of piperidine rings is 1. The minimum atomic E-state index is -3.07. The molecule has 0 saturated carbocycles. The molecule has 0 N–H and O–H groups in total. The molecule has 0 spiro atoms. The first-order chi connectivity index (χ1) is 11.0. The summed E-state index contributed by atoms with van der Waals surface area (Å²) in [4.78, 5) is 14.2. The van der Waals surface area contributed by atoms with Crippen molar-refractivity contribution in [3.63, 3.8) is 0 Å². The number of aryl methyl sites for hydroxylation is 1. The predicted molar refractivity (Wildman–Crippen MR) is 87.2 cm³/mol. The Balaban J connectivity index is 1.40. The van der Waals surface area contributed by atoms with Crippen molar-refractivity contribution in [2.45, 2.75) is 32.2 Å². The van der Waals surface area contributed by atoms with Crippen LogP contribution in [0.1, 0.15) is 25.7 Å². The first kappa shape index (κ1) is 16.2. The highest BCUT2D eigenvalue weighted by molar-refractivity contribution is 7.94. The number of nitrogens with zero attached hydrogens (tertiary/aromatic N) is 3. The molecule has 0 unspecified atom stereocenters. The Hall–Kier alpha value is -1.63. The Labute approximate surface area is 137 Å². The van der Waals surface area contributed by atoms with Crippen molar-refractivity contribution in [2.75, 3.05) is 18.8 Å². The summed E-state index contributed by atoms with van der Waals surface area (Å²) in [5, 5.41) is 5.45. The maximum Gasteiger partial charge on any atom is 0.223 e. The quantitative estimate of drug-likeness (QED) is 0.815. The van der Waals surface area contributed by atoms with Gasteiger partial charge in [0.25, 0.3) is 0 Å². The monoisotopic (exact) mass is 337 g/mol. The van der Waals surface area contributed by atoms with Crippen LogP contribution in [0.25, 0.3) is 0 Å². The number of sulfone groups is 1. The van der Waals surface area contributed by atoms with Gasteiger partial charge in [0.2, 0.25) is 5.91 Å². The highest BCUT2D eigenvalue weighted by Gasteiger charge is 2.28. The van der Waals surface area contributed by atoms with Crippen LogP contribution in [0.4, 0.5) is 0 Å². The van der Waals surface area contributed by atoms with Gasteiger partial charge in [-0.05, 0) is 31.2 Å². The van der Waals surface area contributed by atoms with Gasteiger partial charge < -0.3 is 4.90 Å². The lowest BCUT2D eigenvalue weighted by Crippen LogP contribution is -2.39. The lowest BCUT2D eigenvalue weighted by Gasteiger charge is -2.32. The van der Waals surface area contributed by atoms with Gasteiger partial charge >= 0.3 is 0 Å². The van der Waals surface area contributed by atoms with Gasteiger partial charge in [-0.3, -0.25) is 9.48 Å². The fourth-order valence-electron chi connectivity index (χ4n) is 3.34. The number of carbonyl (C=O) groups excluding carboxylic acids is 1. The summed E-state index contributed by atoms with van der Waals surface area (Å²) in [5.41, 5.74) is 0. The van der Waals surface area contributed by atoms with Crippen LogP contribution < -0.4 is 0 Å². The van der Waals surface area contributed by atoms with Gasteiger partial charge in [0.05, 0.1) is 5.75 Å². The van der Waals surface area contributed by atoms with Crippen LogP contribution in [-0.2, 0) is 21.2 Å². The van der Waals surface area contributed by atoms with E-state index < -0.39 is 9.84 Å². The molecule has 1 aromatic rings. The number of likely N-dealkylation sites (tertiary alicyclic amines) is 1. The first-order valence-corrected chi connectivity index (χ1v) is 9.89. The van der Waals surface area contributed by atoms with Crippen LogP contribution in [0, 0.1) is 11.8 Å². The van der Waals surface area contributed by atoms with Crippen LogP contribution in [0.15, 0.2) is 29.9 Å². The molecule has 3 rings (SSSR count). The molecule has 3 heterocycles. The van der Waals surface area contributed by atoms with E-state index in [0.717, 1.165) is 38.9 Å². The van der Waals surface area contributed by atoms with Crippen molar-refractivity contribution >= 4 is 15.7 Å². The number of aromatic nitrogens is 2. The average Bonchev–Trinajstić information content (AvgIpc) is 3.15. The molecule has 1 aromatic heterocycles. The van der Waals surface area contributed by atoms with E-state index in [9.17, 15) is 13.2 Å². The molecule has 0 radical (unpaired) electrons. The molecule has 1 amide bonds. The topological polar surface area (TPSA) is 72.3 Å². The second-order valence-corrected chi connectivity index (χ2v) is 8.44. The first-order valence-electron chi connectivity index (χ1n) is 8.18. The molecular formula is C16H23N3O3S. The van der Waals surface area contributed by atoms with Crippen molar-refractivity contribution in [3.05, 3.63) is 29.9 Å². The van der Waals surface area contributed by atoms with Crippen LogP contribution in [0.3, 0.4) is 0 Å². The van der Waals surface area contributed by atoms with Crippen molar-refractivity contribution in [3.8, 4) is 0 Å². The Morgan fingerprint density at radius 3 is 2.65 bits per heavy atom. The molecule has 0 aromatic carbocycles. The molecule has 1 atom stereocenters. The highest BCUT2D eigenvalue weighted by Crippen LogP contribution is 2.24. The Morgan fingerprint density at radius 1 is 1.26 bits per heavy atom. The number of hydrogen-bond donors (Lipinski definition) is 0. The Bertz CT molecular complexity index is 659. The van der Waals surface area contributed by atoms with Crippen LogP contribution in [0.5, 0.6) is 0 Å². The number of allylic oxidation sites excluding steroid dienone is 1. The SMILES string of the molecule is O=C(C[C@@H]1C=CS(=O)(=O)C1)N1CCC(CCn2cccn2)CC1. The van der Waals surface area contributed by atoms with Crippen LogP contribution in [-0.4, -0.2) is 47.8 Å². The molecule has 2 aliphatic rings. The summed E-state index contributed by atoms with van der Waals surface area (Å²) >= 11 is 0. The summed E-state index contributed by atoms with van der Waals surface area (Å²) in [6.07, 6.45) is 8.86. The lowest BCUT2D eigenvalue weighted by molar-refractivity contribution is -0.133. The lowest BCUT2D eigenvalue weighted by atomic mass is 9.93. The van der Waals surface area contributed by atoms with Crippen molar-refractivity contribution in [1.82, 2.24) is 14.7 Å². The summed E-state index contributed by atoms with van der Waals surface area (Å²) in [6.45, 7) is 2.49. The molecule has 6 nitrogen and oxygen atoms in total. The zero-order valence-corrected chi connectivity index (χ0v) is 14.0. The molecule has 2 aliphatic heterocycles. The predicted octanol–water partition coefficient (Wildman–Crippen LogP) is 1.46. The largest absolute Gasteiger partial charge is 0.343 e. The van der Waals surface area contributed by atoms with Crippen molar-refractivity contribution < 1.29 is 13.2 Å². The zero-order valence-electron chi connectivity index (χ0n) is 13.2.